The number of aromatic hydroxyl groups is 1. The molecule has 3 nitrogen and oxygen atoms in total. The number of rotatable bonds is 0. The third-order valence-electron chi connectivity index (χ3n) is 3.01. The molecule has 0 aliphatic carbocycles. The third-order valence-corrected chi connectivity index (χ3v) is 3.01. The van der Waals surface area contributed by atoms with Crippen molar-refractivity contribution in [1.29, 1.82) is 0 Å². The van der Waals surface area contributed by atoms with Gasteiger partial charge in [0.15, 0.2) is 0 Å². The van der Waals surface area contributed by atoms with Crippen LogP contribution < -0.4 is 10.2 Å². The van der Waals surface area contributed by atoms with Crippen molar-refractivity contribution in [2.24, 2.45) is 0 Å². The summed E-state index contributed by atoms with van der Waals surface area (Å²) in [6.07, 6.45) is 0. The number of hydrogen-bond acceptors (Lipinski definition) is 3. The Morgan fingerprint density at radius 3 is 2.75 bits per heavy atom. The number of anilines is 1. The van der Waals surface area contributed by atoms with E-state index in [0.29, 0.717) is 5.75 Å². The predicted octanol–water partition coefficient (Wildman–Crippen LogP) is 2.10. The molecular formula is C13H20N2O. The first-order valence-electron chi connectivity index (χ1n) is 5.79. The Kier molecular flexibility index (Phi) is 2.80. The van der Waals surface area contributed by atoms with E-state index in [1.165, 1.54) is 5.56 Å². The van der Waals surface area contributed by atoms with E-state index < -0.39 is 0 Å². The maximum Gasteiger partial charge on any atom is 0.139 e. The van der Waals surface area contributed by atoms with Gasteiger partial charge in [0.05, 0.1) is 5.69 Å². The average Bonchev–Trinajstić information content (AvgIpc) is 2.39. The third kappa shape index (κ3) is 2.00. The molecule has 0 atom stereocenters. The highest BCUT2D eigenvalue weighted by Crippen LogP contribution is 2.36. The number of fused-ring (bicyclic) bond motifs is 1. The quantitative estimate of drug-likeness (QED) is 0.703. The molecule has 0 fully saturated rings. The van der Waals surface area contributed by atoms with Crippen LogP contribution >= 0.6 is 0 Å². The maximum atomic E-state index is 10.0. The van der Waals surface area contributed by atoms with Crippen molar-refractivity contribution in [3.05, 3.63) is 23.8 Å². The van der Waals surface area contributed by atoms with Crippen molar-refractivity contribution in [1.82, 2.24) is 5.32 Å². The van der Waals surface area contributed by atoms with Gasteiger partial charge in [-0.3, -0.25) is 0 Å². The zero-order chi connectivity index (χ0) is 11.8. The Morgan fingerprint density at radius 2 is 2.06 bits per heavy atom. The summed E-state index contributed by atoms with van der Waals surface area (Å²) < 4.78 is 0. The highest BCUT2D eigenvalue weighted by molar-refractivity contribution is 5.65. The monoisotopic (exact) mass is 220 g/mol. The lowest BCUT2D eigenvalue weighted by Crippen LogP contribution is -2.43. The first kappa shape index (κ1) is 11.3. The SMILES string of the molecule is CC(C)(C)N1CCNCc2cccc(O)c21. The number of benzene rings is 1. The number of phenols is 1. The molecule has 2 N–H and O–H groups in total. The van der Waals surface area contributed by atoms with Gasteiger partial charge in [0, 0.05) is 25.2 Å². The van der Waals surface area contributed by atoms with Crippen LogP contribution in [0.3, 0.4) is 0 Å². The van der Waals surface area contributed by atoms with Gasteiger partial charge in [0.1, 0.15) is 5.75 Å². The van der Waals surface area contributed by atoms with E-state index in [0.717, 1.165) is 25.3 Å². The van der Waals surface area contributed by atoms with Crippen molar-refractivity contribution in [2.45, 2.75) is 32.9 Å². The molecule has 16 heavy (non-hydrogen) atoms. The zero-order valence-electron chi connectivity index (χ0n) is 10.2. The molecule has 88 valence electrons. The van der Waals surface area contributed by atoms with E-state index >= 15 is 0 Å². The highest BCUT2D eigenvalue weighted by Gasteiger charge is 2.27. The van der Waals surface area contributed by atoms with E-state index in [4.69, 9.17) is 0 Å². The van der Waals surface area contributed by atoms with Gasteiger partial charge in [-0.2, -0.15) is 0 Å². The Morgan fingerprint density at radius 1 is 1.31 bits per heavy atom. The fourth-order valence-electron chi connectivity index (χ4n) is 2.23. The van der Waals surface area contributed by atoms with E-state index in [9.17, 15) is 5.11 Å². The second-order valence-electron chi connectivity index (χ2n) is 5.28. The number of hydrogen-bond donors (Lipinski definition) is 2. The number of para-hydroxylation sites is 1. The summed E-state index contributed by atoms with van der Waals surface area (Å²) in [5, 5.41) is 13.4. The van der Waals surface area contributed by atoms with Crippen LogP contribution in [-0.4, -0.2) is 23.7 Å². The van der Waals surface area contributed by atoms with Gasteiger partial charge >= 0.3 is 0 Å². The van der Waals surface area contributed by atoms with Gasteiger partial charge < -0.3 is 15.3 Å². The van der Waals surface area contributed by atoms with Crippen LogP contribution in [0.15, 0.2) is 18.2 Å². The second-order valence-corrected chi connectivity index (χ2v) is 5.28. The Balaban J connectivity index is 2.51. The van der Waals surface area contributed by atoms with Crippen LogP contribution in [0.4, 0.5) is 5.69 Å². The van der Waals surface area contributed by atoms with E-state index in [1.54, 1.807) is 6.07 Å². The van der Waals surface area contributed by atoms with Crippen molar-refractivity contribution in [3.63, 3.8) is 0 Å². The Labute approximate surface area is 97.1 Å². The molecular weight excluding hydrogens is 200 g/mol. The lowest BCUT2D eigenvalue weighted by atomic mass is 10.0. The minimum absolute atomic E-state index is 0.0274. The Bertz CT molecular complexity index is 382. The van der Waals surface area contributed by atoms with Gasteiger partial charge in [-0.05, 0) is 32.4 Å². The molecule has 0 unspecified atom stereocenters. The summed E-state index contributed by atoms with van der Waals surface area (Å²) in [7, 11) is 0. The lowest BCUT2D eigenvalue weighted by molar-refractivity contribution is 0.455. The van der Waals surface area contributed by atoms with Gasteiger partial charge in [0.25, 0.3) is 0 Å². The number of nitrogens with zero attached hydrogens (tertiary/aromatic N) is 1. The molecule has 0 saturated heterocycles. The molecule has 0 aromatic heterocycles. The average molecular weight is 220 g/mol. The molecule has 1 heterocycles. The normalized spacial score (nSPS) is 16.8. The van der Waals surface area contributed by atoms with Gasteiger partial charge in [-0.15, -0.1) is 0 Å². The Hall–Kier alpha value is -1.22. The molecule has 0 saturated carbocycles. The maximum absolute atomic E-state index is 10.0. The summed E-state index contributed by atoms with van der Waals surface area (Å²) in [5.41, 5.74) is 2.19. The van der Waals surface area contributed by atoms with Crippen LogP contribution in [0, 0.1) is 0 Å². The second kappa shape index (κ2) is 3.98. The largest absolute Gasteiger partial charge is 0.506 e. The van der Waals surface area contributed by atoms with Crippen LogP contribution in [-0.2, 0) is 6.54 Å². The first-order valence-corrected chi connectivity index (χ1v) is 5.79. The van der Waals surface area contributed by atoms with E-state index in [1.807, 2.05) is 6.07 Å². The van der Waals surface area contributed by atoms with Gasteiger partial charge in [0.2, 0.25) is 0 Å². The van der Waals surface area contributed by atoms with E-state index in [-0.39, 0.29) is 5.54 Å². The van der Waals surface area contributed by atoms with Crippen molar-refractivity contribution in [2.75, 3.05) is 18.0 Å². The molecule has 1 aromatic carbocycles. The molecule has 2 rings (SSSR count). The first-order chi connectivity index (χ1) is 7.50. The fraction of sp³-hybridized carbons (Fsp3) is 0.538. The lowest BCUT2D eigenvalue weighted by Gasteiger charge is -2.38. The number of nitrogens with one attached hydrogen (secondary N) is 1. The minimum Gasteiger partial charge on any atom is -0.506 e. The predicted molar refractivity (Wildman–Crippen MR) is 66.9 cm³/mol. The molecule has 0 spiro atoms. The summed E-state index contributed by atoms with van der Waals surface area (Å²) in [6, 6.07) is 5.75. The van der Waals surface area contributed by atoms with Crippen LogP contribution in [0.5, 0.6) is 5.75 Å². The topological polar surface area (TPSA) is 35.5 Å². The van der Waals surface area contributed by atoms with Gasteiger partial charge in [-0.25, -0.2) is 0 Å². The summed E-state index contributed by atoms with van der Waals surface area (Å²) in [4.78, 5) is 2.28. The van der Waals surface area contributed by atoms with Crippen LogP contribution in [0.1, 0.15) is 26.3 Å². The smallest absolute Gasteiger partial charge is 0.139 e. The van der Waals surface area contributed by atoms with E-state index in [2.05, 4.69) is 37.1 Å². The summed E-state index contributed by atoms with van der Waals surface area (Å²) >= 11 is 0. The number of phenolic OH excluding ortho intramolecular Hbond substituents is 1. The van der Waals surface area contributed by atoms with Gasteiger partial charge in [-0.1, -0.05) is 12.1 Å². The van der Waals surface area contributed by atoms with Crippen LogP contribution in [0.25, 0.3) is 0 Å². The molecule has 1 aromatic rings. The van der Waals surface area contributed by atoms with Crippen molar-refractivity contribution >= 4 is 5.69 Å². The molecule has 3 heteroatoms. The molecule has 1 aliphatic heterocycles. The van der Waals surface area contributed by atoms with Crippen molar-refractivity contribution in [3.8, 4) is 5.75 Å². The molecule has 0 bridgehead atoms. The highest BCUT2D eigenvalue weighted by atomic mass is 16.3. The minimum atomic E-state index is 0.0274. The zero-order valence-corrected chi connectivity index (χ0v) is 10.2. The standard InChI is InChI=1S/C13H20N2O/c1-13(2,3)15-8-7-14-9-10-5-4-6-11(16)12(10)15/h4-6,14,16H,7-9H2,1-3H3. The fourth-order valence-corrected chi connectivity index (χ4v) is 2.23. The van der Waals surface area contributed by atoms with Crippen molar-refractivity contribution < 1.29 is 5.11 Å². The molecule has 0 amide bonds. The molecule has 0 radical (unpaired) electrons. The molecule has 1 aliphatic rings. The summed E-state index contributed by atoms with van der Waals surface area (Å²) in [6.45, 7) is 9.23. The summed E-state index contributed by atoms with van der Waals surface area (Å²) in [5.74, 6) is 0.385. The van der Waals surface area contributed by atoms with Crippen LogP contribution in [0.2, 0.25) is 0 Å².